The van der Waals surface area contributed by atoms with E-state index in [0.717, 1.165) is 0 Å². The Bertz CT molecular complexity index is 1130. The molecule has 3 aromatic rings. The average molecular weight is 403 g/mol. The molecule has 0 aliphatic heterocycles. The molecule has 3 aromatic carbocycles. The van der Waals surface area contributed by atoms with Gasteiger partial charge in [-0.1, -0.05) is 24.3 Å². The molecule has 0 fully saturated rings. The second-order valence-electron chi connectivity index (χ2n) is 6.18. The number of esters is 1. The highest BCUT2D eigenvalue weighted by molar-refractivity contribution is 5.92. The van der Waals surface area contributed by atoms with E-state index in [1.54, 1.807) is 54.6 Å². The fourth-order valence-electron chi connectivity index (χ4n) is 2.76. The normalized spacial score (nSPS) is 10.8. The SMILES string of the molecule is COc1ccc(C(=O)Oc2ccc(/C=C(/C#N)c3ccccc3F)cc2OC)cc1. The lowest BCUT2D eigenvalue weighted by molar-refractivity contribution is 0.0729. The molecule has 3 rings (SSSR count). The fourth-order valence-corrected chi connectivity index (χ4v) is 2.76. The minimum Gasteiger partial charge on any atom is -0.497 e. The molecule has 5 nitrogen and oxygen atoms in total. The number of allylic oxidation sites excluding steroid dienone is 1. The summed E-state index contributed by atoms with van der Waals surface area (Å²) in [5.74, 6) is 0.116. The van der Waals surface area contributed by atoms with Crippen molar-refractivity contribution < 1.29 is 23.4 Å². The molecule has 0 aromatic heterocycles. The quantitative estimate of drug-likeness (QED) is 0.247. The minimum absolute atomic E-state index is 0.165. The zero-order valence-electron chi connectivity index (χ0n) is 16.4. The molecular weight excluding hydrogens is 385 g/mol. The number of hydrogen-bond acceptors (Lipinski definition) is 5. The topological polar surface area (TPSA) is 68.5 Å². The molecule has 0 heterocycles. The van der Waals surface area contributed by atoms with Gasteiger partial charge in [-0.2, -0.15) is 5.26 Å². The Balaban J connectivity index is 1.86. The third-order valence-electron chi connectivity index (χ3n) is 4.31. The first-order valence-corrected chi connectivity index (χ1v) is 8.96. The first-order valence-electron chi connectivity index (χ1n) is 8.96. The van der Waals surface area contributed by atoms with Gasteiger partial charge in [0, 0.05) is 5.56 Å². The standard InChI is InChI=1S/C24H18FNO4/c1-28-19-10-8-17(9-11-19)24(27)30-22-12-7-16(14-23(22)29-2)13-18(15-26)20-5-3-4-6-21(20)25/h3-14H,1-2H3/b18-13-. The third kappa shape index (κ3) is 4.65. The van der Waals surface area contributed by atoms with Crippen LogP contribution in [0.5, 0.6) is 17.2 Å². The van der Waals surface area contributed by atoms with Crippen LogP contribution in [0, 0.1) is 17.1 Å². The summed E-state index contributed by atoms with van der Waals surface area (Å²) >= 11 is 0. The maximum absolute atomic E-state index is 14.0. The monoisotopic (exact) mass is 403 g/mol. The lowest BCUT2D eigenvalue weighted by Gasteiger charge is -2.10. The molecule has 150 valence electrons. The van der Waals surface area contributed by atoms with Crippen molar-refractivity contribution in [3.05, 3.63) is 89.2 Å². The number of carbonyl (C=O) groups excluding carboxylic acids is 1. The van der Waals surface area contributed by atoms with Crippen molar-refractivity contribution in [2.75, 3.05) is 14.2 Å². The van der Waals surface area contributed by atoms with Crippen LogP contribution in [0.2, 0.25) is 0 Å². The van der Waals surface area contributed by atoms with Gasteiger partial charge in [-0.15, -0.1) is 0 Å². The van der Waals surface area contributed by atoms with Crippen LogP contribution in [0.25, 0.3) is 11.6 Å². The van der Waals surface area contributed by atoms with Gasteiger partial charge in [0.2, 0.25) is 0 Å². The van der Waals surface area contributed by atoms with Crippen LogP contribution in [0.1, 0.15) is 21.5 Å². The number of nitrogens with zero attached hydrogens (tertiary/aromatic N) is 1. The molecule has 0 amide bonds. The molecule has 0 spiro atoms. The van der Waals surface area contributed by atoms with E-state index in [0.29, 0.717) is 22.6 Å². The summed E-state index contributed by atoms with van der Waals surface area (Å²) in [7, 11) is 2.98. The maximum atomic E-state index is 14.0. The van der Waals surface area contributed by atoms with Crippen LogP contribution in [-0.4, -0.2) is 20.2 Å². The Morgan fingerprint density at radius 2 is 1.70 bits per heavy atom. The summed E-state index contributed by atoms with van der Waals surface area (Å²) in [6.45, 7) is 0. The van der Waals surface area contributed by atoms with Crippen LogP contribution >= 0.6 is 0 Å². The highest BCUT2D eigenvalue weighted by Crippen LogP contribution is 2.31. The van der Waals surface area contributed by atoms with E-state index in [9.17, 15) is 14.4 Å². The third-order valence-corrected chi connectivity index (χ3v) is 4.31. The average Bonchev–Trinajstić information content (AvgIpc) is 2.78. The summed E-state index contributed by atoms with van der Waals surface area (Å²) in [6.07, 6.45) is 1.54. The predicted molar refractivity (Wildman–Crippen MR) is 111 cm³/mol. The van der Waals surface area contributed by atoms with Crippen molar-refractivity contribution >= 4 is 17.6 Å². The maximum Gasteiger partial charge on any atom is 0.343 e. The molecule has 0 unspecified atom stereocenters. The van der Waals surface area contributed by atoms with Crippen molar-refractivity contribution in [1.82, 2.24) is 0 Å². The lowest BCUT2D eigenvalue weighted by Crippen LogP contribution is -2.09. The molecule has 0 bridgehead atoms. The van der Waals surface area contributed by atoms with Gasteiger partial charge in [0.15, 0.2) is 11.5 Å². The predicted octanol–water partition coefficient (Wildman–Crippen LogP) is 5.13. The fraction of sp³-hybridized carbons (Fsp3) is 0.0833. The summed E-state index contributed by atoms with van der Waals surface area (Å²) < 4.78 is 29.8. The van der Waals surface area contributed by atoms with Gasteiger partial charge in [-0.3, -0.25) is 0 Å². The Labute approximate surface area is 173 Å². The van der Waals surface area contributed by atoms with E-state index >= 15 is 0 Å². The van der Waals surface area contributed by atoms with Gasteiger partial charge >= 0.3 is 5.97 Å². The van der Waals surface area contributed by atoms with Gasteiger partial charge in [0.05, 0.1) is 31.4 Å². The number of benzene rings is 3. The van der Waals surface area contributed by atoms with Crippen LogP contribution < -0.4 is 14.2 Å². The first-order chi connectivity index (χ1) is 14.5. The molecule has 0 saturated carbocycles. The Kier molecular flexibility index (Phi) is 6.46. The summed E-state index contributed by atoms with van der Waals surface area (Å²) in [6, 6.07) is 19.4. The van der Waals surface area contributed by atoms with Gasteiger partial charge in [-0.25, -0.2) is 9.18 Å². The van der Waals surface area contributed by atoms with Crippen molar-refractivity contribution in [2.24, 2.45) is 0 Å². The zero-order chi connectivity index (χ0) is 21.5. The first kappa shape index (κ1) is 20.6. The second kappa shape index (κ2) is 9.39. The molecule has 0 N–H and O–H groups in total. The number of carbonyl (C=O) groups is 1. The summed E-state index contributed by atoms with van der Waals surface area (Å²) in [5, 5.41) is 9.43. The van der Waals surface area contributed by atoms with Gasteiger partial charge < -0.3 is 14.2 Å². The van der Waals surface area contributed by atoms with Crippen molar-refractivity contribution in [3.63, 3.8) is 0 Å². The molecule has 6 heteroatoms. The van der Waals surface area contributed by atoms with Crippen molar-refractivity contribution in [1.29, 1.82) is 5.26 Å². The van der Waals surface area contributed by atoms with E-state index in [1.807, 2.05) is 6.07 Å². The largest absolute Gasteiger partial charge is 0.497 e. The molecular formula is C24H18FNO4. The smallest absolute Gasteiger partial charge is 0.343 e. The van der Waals surface area contributed by atoms with Crippen LogP contribution in [0.4, 0.5) is 4.39 Å². The number of halogens is 1. The van der Waals surface area contributed by atoms with Crippen LogP contribution in [0.3, 0.4) is 0 Å². The van der Waals surface area contributed by atoms with E-state index in [1.165, 1.54) is 32.4 Å². The Hall–Kier alpha value is -4.11. The van der Waals surface area contributed by atoms with Crippen molar-refractivity contribution in [2.45, 2.75) is 0 Å². The highest BCUT2D eigenvalue weighted by atomic mass is 19.1. The van der Waals surface area contributed by atoms with E-state index in [4.69, 9.17) is 14.2 Å². The van der Waals surface area contributed by atoms with Crippen LogP contribution in [-0.2, 0) is 0 Å². The van der Waals surface area contributed by atoms with Gasteiger partial charge in [0.25, 0.3) is 0 Å². The number of rotatable bonds is 6. The number of methoxy groups -OCH3 is 2. The molecule has 0 atom stereocenters. The number of ether oxygens (including phenoxy) is 3. The van der Waals surface area contributed by atoms with E-state index in [2.05, 4.69) is 0 Å². The number of hydrogen-bond donors (Lipinski definition) is 0. The number of nitriles is 1. The summed E-state index contributed by atoms with van der Waals surface area (Å²) in [5.41, 5.74) is 1.32. The molecule has 0 saturated heterocycles. The van der Waals surface area contributed by atoms with Crippen LogP contribution in [0.15, 0.2) is 66.7 Å². The second-order valence-corrected chi connectivity index (χ2v) is 6.18. The lowest BCUT2D eigenvalue weighted by atomic mass is 10.0. The highest BCUT2D eigenvalue weighted by Gasteiger charge is 2.14. The Morgan fingerprint density at radius 1 is 0.967 bits per heavy atom. The minimum atomic E-state index is -0.552. The van der Waals surface area contributed by atoms with E-state index in [-0.39, 0.29) is 16.9 Å². The van der Waals surface area contributed by atoms with Gasteiger partial charge in [0.1, 0.15) is 11.6 Å². The van der Waals surface area contributed by atoms with Gasteiger partial charge in [-0.05, 0) is 54.1 Å². The molecule has 0 aliphatic carbocycles. The Morgan fingerprint density at radius 3 is 2.33 bits per heavy atom. The van der Waals surface area contributed by atoms with E-state index < -0.39 is 11.8 Å². The molecule has 30 heavy (non-hydrogen) atoms. The van der Waals surface area contributed by atoms with Crippen molar-refractivity contribution in [3.8, 4) is 23.3 Å². The summed E-state index contributed by atoms with van der Waals surface area (Å²) in [4.78, 5) is 12.4. The zero-order valence-corrected chi connectivity index (χ0v) is 16.4. The molecule has 0 radical (unpaired) electrons. The molecule has 0 aliphatic rings.